The normalized spacial score (nSPS) is 10.6. The second-order valence-electron chi connectivity index (χ2n) is 4.35. The van der Waals surface area contributed by atoms with Crippen molar-refractivity contribution < 1.29 is 9.18 Å². The molecule has 0 radical (unpaired) electrons. The third-order valence-corrected chi connectivity index (χ3v) is 3.34. The number of hydrogen-bond donors (Lipinski definition) is 2. The summed E-state index contributed by atoms with van der Waals surface area (Å²) in [7, 11) is 1.61. The van der Waals surface area contributed by atoms with Crippen LogP contribution < -0.4 is 5.73 Å². The minimum atomic E-state index is -0.569. The summed E-state index contributed by atoms with van der Waals surface area (Å²) in [6.07, 6.45) is 0. The molecule has 8 heteroatoms. The van der Waals surface area contributed by atoms with Gasteiger partial charge in [0.25, 0.3) is 5.91 Å². The molecule has 106 valence electrons. The molecule has 20 heavy (non-hydrogen) atoms. The van der Waals surface area contributed by atoms with Crippen molar-refractivity contribution in [2.24, 2.45) is 0 Å². The van der Waals surface area contributed by atoms with E-state index in [0.29, 0.717) is 21.7 Å². The maximum Gasteiger partial charge on any atom is 0.255 e. The molecule has 0 saturated heterocycles. The minimum Gasteiger partial charge on any atom is -0.396 e. The number of halogens is 2. The molecule has 6 nitrogen and oxygen atoms in total. The summed E-state index contributed by atoms with van der Waals surface area (Å²) in [4.78, 5) is 17.8. The first-order valence-corrected chi connectivity index (χ1v) is 6.55. The van der Waals surface area contributed by atoms with Crippen molar-refractivity contribution >= 4 is 27.5 Å². The maximum atomic E-state index is 13.3. The second kappa shape index (κ2) is 5.58. The van der Waals surface area contributed by atoms with Gasteiger partial charge >= 0.3 is 0 Å². The molecule has 0 atom stereocenters. The molecule has 1 aromatic heterocycles. The van der Waals surface area contributed by atoms with Gasteiger partial charge in [-0.25, -0.2) is 9.37 Å². The van der Waals surface area contributed by atoms with Gasteiger partial charge in [0.15, 0.2) is 5.82 Å². The van der Waals surface area contributed by atoms with Gasteiger partial charge in [-0.3, -0.25) is 9.89 Å². The Bertz CT molecular complexity index is 657. The number of nitrogen functional groups attached to an aromatic ring is 1. The molecule has 3 N–H and O–H groups in total. The van der Waals surface area contributed by atoms with Gasteiger partial charge in [-0.1, -0.05) is 0 Å². The Morgan fingerprint density at radius 3 is 2.85 bits per heavy atom. The van der Waals surface area contributed by atoms with Crippen molar-refractivity contribution in [1.29, 1.82) is 0 Å². The number of H-pyrrole nitrogens is 1. The zero-order chi connectivity index (χ0) is 14.9. The van der Waals surface area contributed by atoms with Gasteiger partial charge in [-0.2, -0.15) is 5.10 Å². The number of aromatic amines is 1. The van der Waals surface area contributed by atoms with Gasteiger partial charge in [-0.05, 0) is 35.0 Å². The number of nitrogens with two attached hydrogens (primary N) is 1. The number of rotatable bonds is 3. The standard InChI is InChI=1S/C12H13BrFN5O/c1-6-16-11(18-17-6)5-19(2)12(20)7-3-10(15)9(14)4-8(7)13/h3-4H,5,15H2,1-2H3,(H,16,17,18). The van der Waals surface area contributed by atoms with Crippen LogP contribution in [-0.2, 0) is 6.54 Å². The molecule has 0 unspecified atom stereocenters. The fourth-order valence-corrected chi connectivity index (χ4v) is 2.16. The molecule has 0 aliphatic carbocycles. The third kappa shape index (κ3) is 2.96. The number of nitrogens with zero attached hydrogens (tertiary/aromatic N) is 3. The van der Waals surface area contributed by atoms with Crippen LogP contribution in [0.25, 0.3) is 0 Å². The Morgan fingerprint density at radius 1 is 1.55 bits per heavy atom. The summed E-state index contributed by atoms with van der Waals surface area (Å²) >= 11 is 3.16. The highest BCUT2D eigenvalue weighted by molar-refractivity contribution is 9.10. The van der Waals surface area contributed by atoms with E-state index in [0.717, 1.165) is 0 Å². The van der Waals surface area contributed by atoms with E-state index in [2.05, 4.69) is 31.1 Å². The largest absolute Gasteiger partial charge is 0.396 e. The third-order valence-electron chi connectivity index (χ3n) is 2.69. The number of anilines is 1. The van der Waals surface area contributed by atoms with Crippen molar-refractivity contribution in [2.75, 3.05) is 12.8 Å². The number of carbonyl (C=O) groups is 1. The summed E-state index contributed by atoms with van der Waals surface area (Å²) in [6.45, 7) is 2.02. The van der Waals surface area contributed by atoms with Crippen LogP contribution in [0.4, 0.5) is 10.1 Å². The van der Waals surface area contributed by atoms with E-state index < -0.39 is 5.82 Å². The van der Waals surface area contributed by atoms with Crippen molar-refractivity contribution in [1.82, 2.24) is 20.1 Å². The number of amides is 1. The monoisotopic (exact) mass is 341 g/mol. The molecular formula is C12H13BrFN5O. The van der Waals surface area contributed by atoms with Crippen molar-refractivity contribution in [3.63, 3.8) is 0 Å². The molecule has 2 aromatic rings. The van der Waals surface area contributed by atoms with Crippen LogP contribution in [0.2, 0.25) is 0 Å². The Balaban J connectivity index is 2.20. The van der Waals surface area contributed by atoms with E-state index in [4.69, 9.17) is 5.73 Å². The summed E-state index contributed by atoms with van der Waals surface area (Å²) in [6, 6.07) is 2.48. The molecule has 0 spiro atoms. The van der Waals surface area contributed by atoms with E-state index >= 15 is 0 Å². The highest BCUT2D eigenvalue weighted by Gasteiger charge is 2.18. The van der Waals surface area contributed by atoms with Crippen LogP contribution in [-0.4, -0.2) is 33.0 Å². The summed E-state index contributed by atoms with van der Waals surface area (Å²) in [5.41, 5.74) is 5.71. The summed E-state index contributed by atoms with van der Waals surface area (Å²) in [5.74, 6) is 0.310. The zero-order valence-electron chi connectivity index (χ0n) is 10.9. The van der Waals surface area contributed by atoms with Crippen molar-refractivity contribution in [3.8, 4) is 0 Å². The fraction of sp³-hybridized carbons (Fsp3) is 0.250. The average Bonchev–Trinajstić information content (AvgIpc) is 2.78. The van der Waals surface area contributed by atoms with Crippen LogP contribution >= 0.6 is 15.9 Å². The highest BCUT2D eigenvalue weighted by Crippen LogP contribution is 2.24. The Morgan fingerprint density at radius 2 is 2.25 bits per heavy atom. The number of hydrogen-bond acceptors (Lipinski definition) is 4. The van der Waals surface area contributed by atoms with Crippen LogP contribution in [0.15, 0.2) is 16.6 Å². The van der Waals surface area contributed by atoms with E-state index in [9.17, 15) is 9.18 Å². The van der Waals surface area contributed by atoms with Gasteiger partial charge in [-0.15, -0.1) is 0 Å². The van der Waals surface area contributed by atoms with Gasteiger partial charge in [0.05, 0.1) is 17.8 Å². The van der Waals surface area contributed by atoms with E-state index in [1.54, 1.807) is 14.0 Å². The van der Waals surface area contributed by atoms with Gasteiger partial charge in [0.2, 0.25) is 0 Å². The first-order valence-electron chi connectivity index (χ1n) is 5.76. The van der Waals surface area contributed by atoms with Gasteiger partial charge in [0, 0.05) is 11.5 Å². The maximum absolute atomic E-state index is 13.3. The molecular weight excluding hydrogens is 329 g/mol. The highest BCUT2D eigenvalue weighted by atomic mass is 79.9. The topological polar surface area (TPSA) is 87.9 Å². The smallest absolute Gasteiger partial charge is 0.255 e. The SMILES string of the molecule is Cc1nc(CN(C)C(=O)c2cc(N)c(F)cc2Br)n[nH]1. The van der Waals surface area contributed by atoms with E-state index in [-0.39, 0.29) is 18.1 Å². The molecule has 0 aliphatic rings. The first-order chi connectivity index (χ1) is 9.38. The van der Waals surface area contributed by atoms with Crippen LogP contribution in [0.5, 0.6) is 0 Å². The van der Waals surface area contributed by atoms with Gasteiger partial charge in [0.1, 0.15) is 11.6 Å². The lowest BCUT2D eigenvalue weighted by molar-refractivity contribution is 0.0780. The Labute approximate surface area is 123 Å². The molecule has 0 aliphatic heterocycles. The number of aryl methyl sites for hydroxylation is 1. The van der Waals surface area contributed by atoms with Crippen LogP contribution in [0.3, 0.4) is 0 Å². The Kier molecular flexibility index (Phi) is 4.03. The lowest BCUT2D eigenvalue weighted by atomic mass is 10.1. The molecule has 0 saturated carbocycles. The molecule has 2 rings (SSSR count). The number of carbonyl (C=O) groups excluding carboxylic acids is 1. The summed E-state index contributed by atoms with van der Waals surface area (Å²) in [5, 5.41) is 6.66. The summed E-state index contributed by atoms with van der Waals surface area (Å²) < 4.78 is 13.6. The molecule has 0 fully saturated rings. The predicted octanol–water partition coefficient (Wildman–Crippen LogP) is 1.87. The molecule has 1 amide bonds. The molecule has 1 heterocycles. The lowest BCUT2D eigenvalue weighted by Crippen LogP contribution is -2.27. The second-order valence-corrected chi connectivity index (χ2v) is 5.21. The van der Waals surface area contributed by atoms with Crippen LogP contribution in [0, 0.1) is 12.7 Å². The fourth-order valence-electron chi connectivity index (χ4n) is 1.68. The van der Waals surface area contributed by atoms with Crippen molar-refractivity contribution in [3.05, 3.63) is 39.6 Å². The Hall–Kier alpha value is -1.96. The van der Waals surface area contributed by atoms with Crippen molar-refractivity contribution in [2.45, 2.75) is 13.5 Å². The minimum absolute atomic E-state index is 0.0707. The van der Waals surface area contributed by atoms with Gasteiger partial charge < -0.3 is 10.6 Å². The molecule has 0 bridgehead atoms. The number of aromatic nitrogens is 3. The number of nitrogens with one attached hydrogen (secondary N) is 1. The quantitative estimate of drug-likeness (QED) is 0.834. The average molecular weight is 342 g/mol. The molecule has 1 aromatic carbocycles. The van der Waals surface area contributed by atoms with E-state index in [1.165, 1.54) is 17.0 Å². The first kappa shape index (κ1) is 14.4. The van der Waals surface area contributed by atoms with E-state index in [1.807, 2.05) is 0 Å². The number of benzene rings is 1. The lowest BCUT2D eigenvalue weighted by Gasteiger charge is -2.16. The van der Waals surface area contributed by atoms with Crippen LogP contribution in [0.1, 0.15) is 22.0 Å². The predicted molar refractivity (Wildman–Crippen MR) is 75.4 cm³/mol. The zero-order valence-corrected chi connectivity index (χ0v) is 12.5.